The minimum Gasteiger partial charge on any atom is -0.351 e. The van der Waals surface area contributed by atoms with Crippen LogP contribution in [0, 0.1) is 13.8 Å². The van der Waals surface area contributed by atoms with E-state index in [4.69, 9.17) is 0 Å². The topological polar surface area (TPSA) is 59.1 Å². The average Bonchev–Trinajstić information content (AvgIpc) is 2.87. The van der Waals surface area contributed by atoms with Crippen molar-refractivity contribution in [3.05, 3.63) is 51.0 Å². The summed E-state index contributed by atoms with van der Waals surface area (Å²) in [6.07, 6.45) is 2.24. The van der Waals surface area contributed by atoms with E-state index >= 15 is 0 Å². The molecule has 0 fully saturated rings. The van der Waals surface area contributed by atoms with E-state index in [9.17, 15) is 9.59 Å². The minimum absolute atomic E-state index is 0.116. The normalized spacial score (nSPS) is 10.4. The Labute approximate surface area is 128 Å². The third kappa shape index (κ3) is 4.23. The fourth-order valence-corrected chi connectivity index (χ4v) is 2.89. The number of aryl methyl sites for hydroxylation is 2. The highest BCUT2D eigenvalue weighted by Crippen LogP contribution is 2.13. The van der Waals surface area contributed by atoms with Gasteiger partial charge < -0.3 is 5.32 Å². The molecule has 0 saturated carbocycles. The SMILES string of the molecule is CC(=O)c1ncc(C(=O)NCCc2cc(C)cc(C)c2)s1. The van der Waals surface area contributed by atoms with E-state index in [1.165, 1.54) is 29.8 Å². The molecule has 2 aromatic rings. The smallest absolute Gasteiger partial charge is 0.263 e. The molecule has 1 N–H and O–H groups in total. The zero-order chi connectivity index (χ0) is 15.4. The van der Waals surface area contributed by atoms with E-state index < -0.39 is 0 Å². The average molecular weight is 302 g/mol. The van der Waals surface area contributed by atoms with Crippen molar-refractivity contribution < 1.29 is 9.59 Å². The van der Waals surface area contributed by atoms with Gasteiger partial charge in [-0.1, -0.05) is 29.3 Å². The molecular weight excluding hydrogens is 284 g/mol. The Kier molecular flexibility index (Phi) is 4.85. The highest BCUT2D eigenvalue weighted by molar-refractivity contribution is 7.15. The standard InChI is InChI=1S/C16H18N2O2S/c1-10-6-11(2)8-13(7-10)4-5-17-15(20)14-9-18-16(21-14)12(3)19/h6-9H,4-5H2,1-3H3,(H,17,20). The molecular formula is C16H18N2O2S. The summed E-state index contributed by atoms with van der Waals surface area (Å²) < 4.78 is 0. The van der Waals surface area contributed by atoms with Gasteiger partial charge in [0.2, 0.25) is 0 Å². The van der Waals surface area contributed by atoms with Crippen LogP contribution in [0.3, 0.4) is 0 Å². The fraction of sp³-hybridized carbons (Fsp3) is 0.312. The van der Waals surface area contributed by atoms with Crippen LogP contribution in [0.5, 0.6) is 0 Å². The van der Waals surface area contributed by atoms with Gasteiger partial charge in [-0.25, -0.2) is 4.98 Å². The first-order chi connectivity index (χ1) is 9.95. The molecule has 0 saturated heterocycles. The van der Waals surface area contributed by atoms with Crippen molar-refractivity contribution in [1.82, 2.24) is 10.3 Å². The molecule has 1 aromatic carbocycles. The van der Waals surface area contributed by atoms with Gasteiger partial charge >= 0.3 is 0 Å². The Hall–Kier alpha value is -2.01. The van der Waals surface area contributed by atoms with E-state index in [1.807, 2.05) is 0 Å². The van der Waals surface area contributed by atoms with Crippen molar-refractivity contribution in [1.29, 1.82) is 0 Å². The molecule has 0 atom stereocenters. The van der Waals surface area contributed by atoms with E-state index in [-0.39, 0.29) is 11.7 Å². The largest absolute Gasteiger partial charge is 0.351 e. The lowest BCUT2D eigenvalue weighted by Crippen LogP contribution is -2.24. The second kappa shape index (κ2) is 6.63. The lowest BCUT2D eigenvalue weighted by Gasteiger charge is -2.06. The number of nitrogens with zero attached hydrogens (tertiary/aromatic N) is 1. The number of benzene rings is 1. The lowest BCUT2D eigenvalue weighted by atomic mass is 10.1. The summed E-state index contributed by atoms with van der Waals surface area (Å²) in [5, 5.41) is 3.23. The zero-order valence-corrected chi connectivity index (χ0v) is 13.2. The summed E-state index contributed by atoms with van der Waals surface area (Å²) in [6.45, 7) is 6.14. The van der Waals surface area contributed by atoms with Gasteiger partial charge in [0.1, 0.15) is 4.88 Å². The number of ketones is 1. The van der Waals surface area contributed by atoms with Gasteiger partial charge in [0.05, 0.1) is 6.20 Å². The van der Waals surface area contributed by atoms with Crippen molar-refractivity contribution >= 4 is 23.0 Å². The van der Waals surface area contributed by atoms with E-state index in [0.717, 1.165) is 17.8 Å². The number of aromatic nitrogens is 1. The second-order valence-electron chi connectivity index (χ2n) is 5.09. The molecule has 0 aliphatic carbocycles. The molecule has 1 heterocycles. The summed E-state index contributed by atoms with van der Waals surface area (Å²) >= 11 is 1.13. The van der Waals surface area contributed by atoms with Gasteiger partial charge in [0.15, 0.2) is 10.8 Å². The molecule has 1 aromatic heterocycles. The number of carbonyl (C=O) groups is 2. The van der Waals surface area contributed by atoms with Crippen molar-refractivity contribution in [2.75, 3.05) is 6.54 Å². The lowest BCUT2D eigenvalue weighted by molar-refractivity contribution is 0.0957. The van der Waals surface area contributed by atoms with Crippen LogP contribution in [-0.4, -0.2) is 23.2 Å². The molecule has 0 radical (unpaired) electrons. The number of nitrogens with one attached hydrogen (secondary N) is 1. The number of hydrogen-bond acceptors (Lipinski definition) is 4. The molecule has 110 valence electrons. The third-order valence-corrected chi connectivity index (χ3v) is 4.11. The Morgan fingerprint density at radius 1 is 1.19 bits per heavy atom. The third-order valence-electron chi connectivity index (χ3n) is 3.01. The van der Waals surface area contributed by atoms with Crippen LogP contribution in [0.2, 0.25) is 0 Å². The van der Waals surface area contributed by atoms with Crippen LogP contribution >= 0.6 is 11.3 Å². The highest BCUT2D eigenvalue weighted by atomic mass is 32.1. The predicted octanol–water partition coefficient (Wildman–Crippen LogP) is 2.94. The summed E-state index contributed by atoms with van der Waals surface area (Å²) in [7, 11) is 0. The van der Waals surface area contributed by atoms with Crippen molar-refractivity contribution in [2.24, 2.45) is 0 Å². The summed E-state index contributed by atoms with van der Waals surface area (Å²) in [5.74, 6) is -0.293. The first-order valence-corrected chi connectivity index (χ1v) is 7.59. The molecule has 0 bridgehead atoms. The van der Waals surface area contributed by atoms with Crippen molar-refractivity contribution in [3.63, 3.8) is 0 Å². The second-order valence-corrected chi connectivity index (χ2v) is 6.12. The maximum atomic E-state index is 12.0. The van der Waals surface area contributed by atoms with Crippen LogP contribution in [0.1, 0.15) is 43.1 Å². The first-order valence-electron chi connectivity index (χ1n) is 6.78. The Morgan fingerprint density at radius 3 is 2.43 bits per heavy atom. The summed E-state index contributed by atoms with van der Waals surface area (Å²) in [5.41, 5.74) is 3.66. The highest BCUT2D eigenvalue weighted by Gasteiger charge is 2.12. The molecule has 0 aliphatic heterocycles. The Morgan fingerprint density at radius 2 is 1.86 bits per heavy atom. The Bertz CT molecular complexity index is 656. The number of amides is 1. The van der Waals surface area contributed by atoms with E-state index in [1.54, 1.807) is 0 Å². The van der Waals surface area contributed by atoms with Crippen LogP contribution < -0.4 is 5.32 Å². The molecule has 1 amide bonds. The number of hydrogen-bond donors (Lipinski definition) is 1. The van der Waals surface area contributed by atoms with Crippen molar-refractivity contribution in [3.8, 4) is 0 Å². The Balaban J connectivity index is 1.90. The van der Waals surface area contributed by atoms with Gasteiger partial charge in [0.25, 0.3) is 5.91 Å². The molecule has 2 rings (SSSR count). The number of thiazole rings is 1. The van der Waals surface area contributed by atoms with Crippen LogP contribution in [0.4, 0.5) is 0 Å². The summed E-state index contributed by atoms with van der Waals surface area (Å²) in [6, 6.07) is 6.38. The van der Waals surface area contributed by atoms with Gasteiger partial charge in [-0.05, 0) is 25.8 Å². The van der Waals surface area contributed by atoms with Gasteiger partial charge in [-0.2, -0.15) is 0 Å². The maximum absolute atomic E-state index is 12.0. The summed E-state index contributed by atoms with van der Waals surface area (Å²) in [4.78, 5) is 27.5. The molecule has 5 heteroatoms. The minimum atomic E-state index is -0.177. The van der Waals surface area contributed by atoms with Crippen LogP contribution in [0.25, 0.3) is 0 Å². The number of carbonyl (C=O) groups excluding carboxylic acids is 2. The predicted molar refractivity (Wildman–Crippen MR) is 84.1 cm³/mol. The van der Waals surface area contributed by atoms with Crippen molar-refractivity contribution in [2.45, 2.75) is 27.2 Å². The molecule has 0 spiro atoms. The monoisotopic (exact) mass is 302 g/mol. The number of rotatable bonds is 5. The van der Waals surface area contributed by atoms with E-state index in [2.05, 4.69) is 42.3 Å². The van der Waals surface area contributed by atoms with Gasteiger partial charge in [0, 0.05) is 13.5 Å². The van der Waals surface area contributed by atoms with Gasteiger partial charge in [-0.15, -0.1) is 11.3 Å². The quantitative estimate of drug-likeness (QED) is 0.864. The van der Waals surface area contributed by atoms with Crippen LogP contribution in [0.15, 0.2) is 24.4 Å². The molecule has 21 heavy (non-hydrogen) atoms. The van der Waals surface area contributed by atoms with Gasteiger partial charge in [-0.3, -0.25) is 9.59 Å². The zero-order valence-electron chi connectivity index (χ0n) is 12.4. The van der Waals surface area contributed by atoms with E-state index in [0.29, 0.717) is 16.4 Å². The molecule has 0 unspecified atom stereocenters. The maximum Gasteiger partial charge on any atom is 0.263 e. The van der Waals surface area contributed by atoms with Crippen LogP contribution in [-0.2, 0) is 6.42 Å². The molecule has 4 nitrogen and oxygen atoms in total. The number of Topliss-reactive ketones (excluding diaryl/α,β-unsaturated/α-hetero) is 1. The first kappa shape index (κ1) is 15.4. The fourth-order valence-electron chi connectivity index (χ4n) is 2.16. The molecule has 0 aliphatic rings.